The molecule has 0 atom stereocenters. The molecule has 0 saturated carbocycles. The number of hydrogen-bond acceptors (Lipinski definition) is 3. The molecule has 1 aromatic carbocycles. The average Bonchev–Trinajstić information content (AvgIpc) is 2.48. The molecule has 4 heteroatoms. The summed E-state index contributed by atoms with van der Waals surface area (Å²) >= 11 is 0. The molecule has 4 nitrogen and oxygen atoms in total. The Bertz CT molecular complexity index is 593. The Balaban J connectivity index is 2.19. The van der Waals surface area contributed by atoms with Crippen LogP contribution in [0.1, 0.15) is 30.7 Å². The third kappa shape index (κ3) is 4.13. The van der Waals surface area contributed by atoms with Crippen molar-refractivity contribution in [2.75, 3.05) is 0 Å². The van der Waals surface area contributed by atoms with Gasteiger partial charge in [-0.15, -0.1) is 0 Å². The summed E-state index contributed by atoms with van der Waals surface area (Å²) in [6.45, 7) is 5.94. The SMILES string of the molecule is CC(C)N(Cc1ccccc1)Cc1cccnc1C(=N)N. The van der Waals surface area contributed by atoms with E-state index in [9.17, 15) is 0 Å². The number of nitrogens with zero attached hydrogens (tertiary/aromatic N) is 2. The van der Waals surface area contributed by atoms with Crippen LogP contribution in [0.2, 0.25) is 0 Å². The van der Waals surface area contributed by atoms with Crippen molar-refractivity contribution in [1.29, 1.82) is 5.41 Å². The number of nitrogens with two attached hydrogens (primary N) is 1. The minimum Gasteiger partial charge on any atom is -0.382 e. The van der Waals surface area contributed by atoms with E-state index in [0.717, 1.165) is 18.7 Å². The smallest absolute Gasteiger partial charge is 0.142 e. The number of nitrogens with one attached hydrogen (secondary N) is 1. The maximum absolute atomic E-state index is 7.65. The summed E-state index contributed by atoms with van der Waals surface area (Å²) in [5.41, 5.74) is 8.47. The molecule has 21 heavy (non-hydrogen) atoms. The molecule has 0 spiro atoms. The molecule has 1 heterocycles. The third-order valence-electron chi connectivity index (χ3n) is 3.48. The van der Waals surface area contributed by atoms with Crippen molar-refractivity contribution in [2.24, 2.45) is 5.73 Å². The van der Waals surface area contributed by atoms with Crippen molar-refractivity contribution >= 4 is 5.84 Å². The summed E-state index contributed by atoms with van der Waals surface area (Å²) in [7, 11) is 0. The maximum Gasteiger partial charge on any atom is 0.142 e. The van der Waals surface area contributed by atoms with Crippen LogP contribution in [-0.4, -0.2) is 21.8 Å². The quantitative estimate of drug-likeness (QED) is 0.632. The molecule has 0 amide bonds. The maximum atomic E-state index is 7.65. The van der Waals surface area contributed by atoms with Gasteiger partial charge in [-0.1, -0.05) is 36.4 Å². The van der Waals surface area contributed by atoms with Gasteiger partial charge < -0.3 is 5.73 Å². The first-order valence-corrected chi connectivity index (χ1v) is 7.14. The summed E-state index contributed by atoms with van der Waals surface area (Å²) in [5, 5.41) is 7.65. The molecule has 0 radical (unpaired) electrons. The molecule has 3 N–H and O–H groups in total. The second-order valence-electron chi connectivity index (χ2n) is 5.41. The fourth-order valence-corrected chi connectivity index (χ4v) is 2.27. The van der Waals surface area contributed by atoms with Gasteiger partial charge in [-0.2, -0.15) is 0 Å². The number of aromatic nitrogens is 1. The molecule has 2 rings (SSSR count). The highest BCUT2D eigenvalue weighted by molar-refractivity contribution is 5.94. The van der Waals surface area contributed by atoms with Crippen LogP contribution in [-0.2, 0) is 13.1 Å². The zero-order chi connectivity index (χ0) is 15.2. The van der Waals surface area contributed by atoms with Gasteiger partial charge in [-0.3, -0.25) is 15.3 Å². The summed E-state index contributed by atoms with van der Waals surface area (Å²) < 4.78 is 0. The average molecular weight is 282 g/mol. The summed E-state index contributed by atoms with van der Waals surface area (Å²) in [6.07, 6.45) is 1.68. The van der Waals surface area contributed by atoms with Crippen LogP contribution in [0.4, 0.5) is 0 Å². The van der Waals surface area contributed by atoms with E-state index in [1.165, 1.54) is 5.56 Å². The highest BCUT2D eigenvalue weighted by Crippen LogP contribution is 2.15. The minimum absolute atomic E-state index is 0.0222. The van der Waals surface area contributed by atoms with E-state index < -0.39 is 0 Å². The van der Waals surface area contributed by atoms with Crippen LogP contribution >= 0.6 is 0 Å². The Morgan fingerprint density at radius 3 is 2.48 bits per heavy atom. The Morgan fingerprint density at radius 1 is 1.14 bits per heavy atom. The van der Waals surface area contributed by atoms with Crippen molar-refractivity contribution in [3.63, 3.8) is 0 Å². The van der Waals surface area contributed by atoms with E-state index in [0.29, 0.717) is 11.7 Å². The van der Waals surface area contributed by atoms with E-state index in [2.05, 4.69) is 48.0 Å². The first kappa shape index (κ1) is 15.2. The number of amidine groups is 1. The molecular formula is C17H22N4. The molecule has 0 bridgehead atoms. The van der Waals surface area contributed by atoms with Gasteiger partial charge in [0.1, 0.15) is 11.5 Å². The second-order valence-corrected chi connectivity index (χ2v) is 5.41. The third-order valence-corrected chi connectivity index (χ3v) is 3.48. The van der Waals surface area contributed by atoms with Crippen LogP contribution < -0.4 is 5.73 Å². The Hall–Kier alpha value is -2.20. The van der Waals surface area contributed by atoms with Gasteiger partial charge >= 0.3 is 0 Å². The summed E-state index contributed by atoms with van der Waals surface area (Å²) in [5.74, 6) is 0.0222. The van der Waals surface area contributed by atoms with Gasteiger partial charge in [0.2, 0.25) is 0 Å². The summed E-state index contributed by atoms with van der Waals surface area (Å²) in [6, 6.07) is 14.7. The van der Waals surface area contributed by atoms with Crippen LogP contribution in [0.15, 0.2) is 48.7 Å². The molecule has 0 aliphatic carbocycles. The van der Waals surface area contributed by atoms with E-state index in [1.807, 2.05) is 18.2 Å². The van der Waals surface area contributed by atoms with Crippen LogP contribution in [0, 0.1) is 5.41 Å². The van der Waals surface area contributed by atoms with E-state index in [4.69, 9.17) is 11.1 Å². The van der Waals surface area contributed by atoms with Gasteiger partial charge in [0.05, 0.1) is 0 Å². The topological polar surface area (TPSA) is 66.0 Å². The van der Waals surface area contributed by atoms with Gasteiger partial charge in [0, 0.05) is 25.3 Å². The molecule has 0 fully saturated rings. The van der Waals surface area contributed by atoms with Gasteiger partial charge in [0.25, 0.3) is 0 Å². The number of nitrogen functional groups attached to an aromatic ring is 1. The number of rotatable bonds is 6. The van der Waals surface area contributed by atoms with Gasteiger partial charge in [-0.25, -0.2) is 0 Å². The number of pyridine rings is 1. The van der Waals surface area contributed by atoms with E-state index >= 15 is 0 Å². The molecule has 0 aliphatic heterocycles. The van der Waals surface area contributed by atoms with E-state index in [1.54, 1.807) is 6.20 Å². The predicted molar refractivity (Wildman–Crippen MR) is 86.1 cm³/mol. The molecule has 0 aliphatic rings. The van der Waals surface area contributed by atoms with Crippen molar-refractivity contribution in [2.45, 2.75) is 33.0 Å². The lowest BCUT2D eigenvalue weighted by atomic mass is 10.1. The normalized spacial score (nSPS) is 11.0. The largest absolute Gasteiger partial charge is 0.382 e. The van der Waals surface area contributed by atoms with Crippen molar-refractivity contribution < 1.29 is 0 Å². The second kappa shape index (κ2) is 6.99. The van der Waals surface area contributed by atoms with Gasteiger partial charge in [-0.05, 0) is 31.0 Å². The molecule has 0 saturated heterocycles. The number of hydrogen-bond donors (Lipinski definition) is 2. The predicted octanol–water partition coefficient (Wildman–Crippen LogP) is 2.78. The minimum atomic E-state index is 0.0222. The highest BCUT2D eigenvalue weighted by atomic mass is 15.1. The number of benzene rings is 1. The lowest BCUT2D eigenvalue weighted by molar-refractivity contribution is 0.203. The summed E-state index contributed by atoms with van der Waals surface area (Å²) in [4.78, 5) is 6.57. The first-order chi connectivity index (χ1) is 10.1. The fraction of sp³-hybridized carbons (Fsp3) is 0.294. The highest BCUT2D eigenvalue weighted by Gasteiger charge is 2.14. The molecule has 2 aromatic rings. The zero-order valence-electron chi connectivity index (χ0n) is 12.6. The standard InChI is InChI=1S/C17H22N4/c1-13(2)21(11-14-7-4-3-5-8-14)12-15-9-6-10-20-16(15)17(18)19/h3-10,13H,11-12H2,1-2H3,(H3,18,19). The van der Waals surface area contributed by atoms with Crippen molar-refractivity contribution in [3.8, 4) is 0 Å². The molecule has 110 valence electrons. The van der Waals surface area contributed by atoms with Crippen LogP contribution in [0.3, 0.4) is 0 Å². The van der Waals surface area contributed by atoms with Gasteiger partial charge in [0.15, 0.2) is 0 Å². The molecule has 1 aromatic heterocycles. The van der Waals surface area contributed by atoms with Crippen LogP contribution in [0.25, 0.3) is 0 Å². The van der Waals surface area contributed by atoms with Crippen molar-refractivity contribution in [3.05, 3.63) is 65.5 Å². The fourth-order valence-electron chi connectivity index (χ4n) is 2.27. The Morgan fingerprint density at radius 2 is 1.86 bits per heavy atom. The molecular weight excluding hydrogens is 260 g/mol. The molecule has 0 unspecified atom stereocenters. The lowest BCUT2D eigenvalue weighted by Crippen LogP contribution is -2.31. The van der Waals surface area contributed by atoms with Crippen molar-refractivity contribution in [1.82, 2.24) is 9.88 Å². The first-order valence-electron chi connectivity index (χ1n) is 7.14. The zero-order valence-corrected chi connectivity index (χ0v) is 12.6. The lowest BCUT2D eigenvalue weighted by Gasteiger charge is -2.27. The van der Waals surface area contributed by atoms with E-state index in [-0.39, 0.29) is 5.84 Å². The Kier molecular flexibility index (Phi) is 5.06. The van der Waals surface area contributed by atoms with Crippen LogP contribution in [0.5, 0.6) is 0 Å². The monoisotopic (exact) mass is 282 g/mol. The Labute approximate surface area is 126 Å².